The van der Waals surface area contributed by atoms with Crippen molar-refractivity contribution < 1.29 is 18.7 Å². The SMILES string of the molecule is O=C(COc1cccc2ccccc12)NN=Cc1c(OCc2ccc(F)cc2)ccc2ccccc12. The van der Waals surface area contributed by atoms with E-state index in [0.29, 0.717) is 11.5 Å². The van der Waals surface area contributed by atoms with E-state index >= 15 is 0 Å². The number of nitrogens with one attached hydrogen (secondary N) is 1. The van der Waals surface area contributed by atoms with Gasteiger partial charge in [-0.3, -0.25) is 4.79 Å². The fourth-order valence-corrected chi connectivity index (χ4v) is 3.94. The lowest BCUT2D eigenvalue weighted by atomic mass is 10.0. The molecule has 5 aromatic carbocycles. The highest BCUT2D eigenvalue weighted by Crippen LogP contribution is 2.28. The number of ether oxygens (including phenoxy) is 2. The smallest absolute Gasteiger partial charge is 0.277 e. The number of carbonyl (C=O) groups excluding carboxylic acids is 1. The maximum absolute atomic E-state index is 13.2. The van der Waals surface area contributed by atoms with Crippen molar-refractivity contribution in [3.8, 4) is 11.5 Å². The van der Waals surface area contributed by atoms with E-state index in [0.717, 1.165) is 32.7 Å². The number of hydrazone groups is 1. The molecule has 1 amide bonds. The molecule has 0 atom stereocenters. The minimum atomic E-state index is -0.381. The summed E-state index contributed by atoms with van der Waals surface area (Å²) in [6, 6.07) is 31.4. The molecule has 6 heteroatoms. The second-order valence-corrected chi connectivity index (χ2v) is 8.17. The van der Waals surface area contributed by atoms with Gasteiger partial charge in [0.15, 0.2) is 6.61 Å². The van der Waals surface area contributed by atoms with Crippen LogP contribution in [-0.2, 0) is 11.4 Å². The summed E-state index contributed by atoms with van der Waals surface area (Å²) in [5.74, 6) is 0.562. The number of carbonyl (C=O) groups is 1. The summed E-state index contributed by atoms with van der Waals surface area (Å²) >= 11 is 0. The summed E-state index contributed by atoms with van der Waals surface area (Å²) in [7, 11) is 0. The Labute approximate surface area is 207 Å². The zero-order chi connectivity index (χ0) is 24.7. The van der Waals surface area contributed by atoms with Gasteiger partial charge in [0.25, 0.3) is 5.91 Å². The molecule has 5 rings (SSSR count). The van der Waals surface area contributed by atoms with Crippen LogP contribution >= 0.6 is 0 Å². The molecule has 1 N–H and O–H groups in total. The van der Waals surface area contributed by atoms with Gasteiger partial charge in [-0.2, -0.15) is 5.10 Å². The Balaban J connectivity index is 1.29. The molecule has 0 aliphatic rings. The lowest BCUT2D eigenvalue weighted by Crippen LogP contribution is -2.24. The predicted molar refractivity (Wildman–Crippen MR) is 140 cm³/mol. The second-order valence-electron chi connectivity index (χ2n) is 8.17. The highest BCUT2D eigenvalue weighted by molar-refractivity contribution is 6.02. The standard InChI is InChI=1S/C30H23FN2O3/c31-24-15-12-21(13-16-24)19-35-29-17-14-23-7-1-3-9-25(23)27(29)18-32-33-30(34)20-36-28-11-5-8-22-6-2-4-10-26(22)28/h1-18H,19-20H2,(H,33,34). The first-order valence-electron chi connectivity index (χ1n) is 11.5. The van der Waals surface area contributed by atoms with E-state index in [9.17, 15) is 9.18 Å². The molecule has 5 aromatic rings. The Morgan fingerprint density at radius 1 is 0.750 bits per heavy atom. The maximum atomic E-state index is 13.2. The summed E-state index contributed by atoms with van der Waals surface area (Å²) in [5.41, 5.74) is 4.10. The topological polar surface area (TPSA) is 59.9 Å². The third-order valence-electron chi connectivity index (χ3n) is 5.73. The van der Waals surface area contributed by atoms with E-state index < -0.39 is 0 Å². The van der Waals surface area contributed by atoms with Crippen molar-refractivity contribution in [1.82, 2.24) is 5.43 Å². The molecule has 0 fully saturated rings. The van der Waals surface area contributed by atoms with Gasteiger partial charge < -0.3 is 9.47 Å². The van der Waals surface area contributed by atoms with Crippen molar-refractivity contribution in [2.45, 2.75) is 6.61 Å². The number of nitrogens with zero attached hydrogens (tertiary/aromatic N) is 1. The molecule has 0 aliphatic heterocycles. The zero-order valence-corrected chi connectivity index (χ0v) is 19.4. The first-order valence-corrected chi connectivity index (χ1v) is 11.5. The molecule has 0 aromatic heterocycles. The molecule has 0 spiro atoms. The van der Waals surface area contributed by atoms with E-state index in [4.69, 9.17) is 9.47 Å². The molecule has 0 aliphatic carbocycles. The molecule has 0 unspecified atom stereocenters. The van der Waals surface area contributed by atoms with Gasteiger partial charge in [-0.05, 0) is 46.0 Å². The van der Waals surface area contributed by atoms with E-state index in [2.05, 4.69) is 10.5 Å². The Morgan fingerprint density at radius 3 is 2.25 bits per heavy atom. The molecule has 5 nitrogen and oxygen atoms in total. The number of amides is 1. The summed E-state index contributed by atoms with van der Waals surface area (Å²) < 4.78 is 25.0. The summed E-state index contributed by atoms with van der Waals surface area (Å²) in [4.78, 5) is 12.4. The molecule has 0 radical (unpaired) electrons. The zero-order valence-electron chi connectivity index (χ0n) is 19.4. The van der Waals surface area contributed by atoms with Crippen molar-refractivity contribution in [3.05, 3.63) is 120 Å². The van der Waals surface area contributed by atoms with Gasteiger partial charge in [0.1, 0.15) is 23.9 Å². The van der Waals surface area contributed by atoms with Crippen LogP contribution in [-0.4, -0.2) is 18.7 Å². The van der Waals surface area contributed by atoms with Gasteiger partial charge in [0, 0.05) is 10.9 Å². The number of fused-ring (bicyclic) bond motifs is 2. The van der Waals surface area contributed by atoms with E-state index in [-0.39, 0.29) is 24.9 Å². The van der Waals surface area contributed by atoms with Crippen LogP contribution in [0.5, 0.6) is 11.5 Å². The summed E-state index contributed by atoms with van der Waals surface area (Å²) in [5, 5.41) is 8.08. The van der Waals surface area contributed by atoms with Crippen LogP contribution in [0.1, 0.15) is 11.1 Å². The minimum Gasteiger partial charge on any atom is -0.488 e. The largest absolute Gasteiger partial charge is 0.488 e. The average Bonchev–Trinajstić information content (AvgIpc) is 2.92. The Kier molecular flexibility index (Phi) is 6.85. The van der Waals surface area contributed by atoms with Crippen LogP contribution in [0.15, 0.2) is 108 Å². The molecule has 36 heavy (non-hydrogen) atoms. The third kappa shape index (κ3) is 5.33. The Hall–Kier alpha value is -4.71. The quantitative estimate of drug-likeness (QED) is 0.212. The van der Waals surface area contributed by atoms with Crippen molar-refractivity contribution in [2.75, 3.05) is 6.61 Å². The molecule has 0 heterocycles. The number of hydrogen-bond donors (Lipinski definition) is 1. The van der Waals surface area contributed by atoms with Crippen LogP contribution < -0.4 is 14.9 Å². The second kappa shape index (κ2) is 10.7. The molecule has 178 valence electrons. The third-order valence-corrected chi connectivity index (χ3v) is 5.73. The number of rotatable bonds is 8. The van der Waals surface area contributed by atoms with Crippen LogP contribution in [0.3, 0.4) is 0 Å². The highest BCUT2D eigenvalue weighted by atomic mass is 19.1. The normalized spacial score (nSPS) is 11.1. The lowest BCUT2D eigenvalue weighted by Gasteiger charge is -2.12. The van der Waals surface area contributed by atoms with Gasteiger partial charge in [-0.15, -0.1) is 0 Å². The fraction of sp³-hybridized carbons (Fsp3) is 0.0667. The summed E-state index contributed by atoms with van der Waals surface area (Å²) in [6.07, 6.45) is 1.57. The number of halogens is 1. The molecular formula is C30H23FN2O3. The van der Waals surface area contributed by atoms with Gasteiger partial charge in [0.2, 0.25) is 0 Å². The number of hydrogen-bond acceptors (Lipinski definition) is 4. The van der Waals surface area contributed by atoms with Crippen molar-refractivity contribution >= 4 is 33.7 Å². The molecule has 0 saturated carbocycles. The van der Waals surface area contributed by atoms with Gasteiger partial charge in [-0.1, -0.05) is 78.9 Å². The van der Waals surface area contributed by atoms with E-state index in [1.54, 1.807) is 18.3 Å². The highest BCUT2D eigenvalue weighted by Gasteiger charge is 2.09. The Bertz CT molecular complexity index is 1540. The van der Waals surface area contributed by atoms with Crippen LogP contribution in [0, 0.1) is 5.82 Å². The first kappa shape index (κ1) is 23.1. The van der Waals surface area contributed by atoms with Crippen molar-refractivity contribution in [2.24, 2.45) is 5.10 Å². The van der Waals surface area contributed by atoms with E-state index in [1.165, 1.54) is 12.1 Å². The maximum Gasteiger partial charge on any atom is 0.277 e. The van der Waals surface area contributed by atoms with Crippen LogP contribution in [0.4, 0.5) is 4.39 Å². The Morgan fingerprint density at radius 2 is 1.44 bits per heavy atom. The van der Waals surface area contributed by atoms with Crippen LogP contribution in [0.25, 0.3) is 21.5 Å². The van der Waals surface area contributed by atoms with Crippen molar-refractivity contribution in [3.63, 3.8) is 0 Å². The van der Waals surface area contributed by atoms with Crippen molar-refractivity contribution in [1.29, 1.82) is 0 Å². The summed E-state index contributed by atoms with van der Waals surface area (Å²) in [6.45, 7) is 0.0967. The average molecular weight is 479 g/mol. The van der Waals surface area contributed by atoms with Gasteiger partial charge in [0.05, 0.1) is 6.21 Å². The van der Waals surface area contributed by atoms with Crippen LogP contribution in [0.2, 0.25) is 0 Å². The fourth-order valence-electron chi connectivity index (χ4n) is 3.94. The monoisotopic (exact) mass is 478 g/mol. The van der Waals surface area contributed by atoms with Gasteiger partial charge >= 0.3 is 0 Å². The minimum absolute atomic E-state index is 0.172. The molecule has 0 bridgehead atoms. The number of benzene rings is 5. The predicted octanol–water partition coefficient (Wildman–Crippen LogP) is 6.24. The molecular weight excluding hydrogens is 455 g/mol. The molecule has 0 saturated heterocycles. The first-order chi connectivity index (χ1) is 17.7. The van der Waals surface area contributed by atoms with Gasteiger partial charge in [-0.25, -0.2) is 9.82 Å². The lowest BCUT2D eigenvalue weighted by molar-refractivity contribution is -0.123. The van der Waals surface area contributed by atoms with E-state index in [1.807, 2.05) is 78.9 Å².